The topological polar surface area (TPSA) is 89.9 Å². The summed E-state index contributed by atoms with van der Waals surface area (Å²) in [5.74, 6) is 0. The Labute approximate surface area is 155 Å². The second kappa shape index (κ2) is 7.53. The first kappa shape index (κ1) is 18.5. The molecule has 5 atom stereocenters. The van der Waals surface area contributed by atoms with Gasteiger partial charge in [0.2, 0.25) is 0 Å². The summed E-state index contributed by atoms with van der Waals surface area (Å²) < 4.78 is 0. The Morgan fingerprint density at radius 1 is 1.24 bits per heavy atom. The highest BCUT2D eigenvalue weighted by Gasteiger charge is 2.43. The molecule has 0 radical (unpaired) electrons. The number of nitrogens with one attached hydrogen (secondary N) is 1. The summed E-state index contributed by atoms with van der Waals surface area (Å²) >= 11 is 7.03. The van der Waals surface area contributed by atoms with Crippen LogP contribution in [0.15, 0.2) is 24.3 Å². The van der Waals surface area contributed by atoms with Crippen molar-refractivity contribution in [3.05, 3.63) is 34.9 Å². The van der Waals surface area contributed by atoms with Crippen LogP contribution in [-0.4, -0.2) is 50.7 Å². The van der Waals surface area contributed by atoms with Crippen LogP contribution in [0.25, 0.3) is 0 Å². The fourth-order valence-corrected chi connectivity index (χ4v) is 4.66. The number of imide groups is 1. The van der Waals surface area contributed by atoms with Crippen molar-refractivity contribution in [3.63, 3.8) is 0 Å². The van der Waals surface area contributed by atoms with E-state index >= 15 is 0 Å². The van der Waals surface area contributed by atoms with Crippen LogP contribution >= 0.6 is 23.4 Å². The Morgan fingerprint density at radius 2 is 1.92 bits per heavy atom. The molecular weight excluding hydrogens is 364 g/mol. The van der Waals surface area contributed by atoms with Crippen molar-refractivity contribution < 1.29 is 19.8 Å². The molecule has 1 saturated carbocycles. The molecule has 2 aliphatic rings. The average Bonchev–Trinajstić information content (AvgIpc) is 2.86. The maximum absolute atomic E-state index is 12.6. The van der Waals surface area contributed by atoms with Gasteiger partial charge in [-0.05, 0) is 43.9 Å². The van der Waals surface area contributed by atoms with Gasteiger partial charge in [0.25, 0.3) is 5.24 Å². The first-order valence-electron chi connectivity index (χ1n) is 8.28. The smallest absolute Gasteiger partial charge is 0.325 e. The highest BCUT2D eigenvalue weighted by molar-refractivity contribution is 8.14. The number of aliphatic hydroxyl groups excluding tert-OH is 2. The minimum atomic E-state index is -0.845. The monoisotopic (exact) mass is 384 g/mol. The Balaban J connectivity index is 1.66. The van der Waals surface area contributed by atoms with Gasteiger partial charge in [-0.1, -0.05) is 35.5 Å². The molecule has 3 amide bonds. The lowest BCUT2D eigenvalue weighted by Crippen LogP contribution is -2.51. The van der Waals surface area contributed by atoms with Crippen LogP contribution in [0.4, 0.5) is 9.59 Å². The number of aliphatic hydroxyl groups is 2. The van der Waals surface area contributed by atoms with Crippen LogP contribution in [0.2, 0.25) is 5.02 Å². The van der Waals surface area contributed by atoms with E-state index in [0.29, 0.717) is 17.9 Å². The van der Waals surface area contributed by atoms with E-state index in [4.69, 9.17) is 11.6 Å². The number of rotatable bonds is 2. The molecule has 0 aromatic heterocycles. The maximum atomic E-state index is 12.6. The van der Waals surface area contributed by atoms with E-state index in [-0.39, 0.29) is 29.0 Å². The fourth-order valence-electron chi connectivity index (χ4n) is 3.34. The summed E-state index contributed by atoms with van der Waals surface area (Å²) in [4.78, 5) is 26.2. The van der Waals surface area contributed by atoms with Crippen LogP contribution < -0.4 is 5.32 Å². The zero-order chi connectivity index (χ0) is 18.1. The van der Waals surface area contributed by atoms with E-state index < -0.39 is 18.2 Å². The number of hydrogen-bond acceptors (Lipinski definition) is 5. The van der Waals surface area contributed by atoms with Gasteiger partial charge < -0.3 is 15.5 Å². The van der Waals surface area contributed by atoms with Gasteiger partial charge in [-0.3, -0.25) is 9.69 Å². The Bertz CT molecular complexity index is 657. The summed E-state index contributed by atoms with van der Waals surface area (Å²) in [6.07, 6.45) is -0.296. The molecule has 1 aliphatic carbocycles. The summed E-state index contributed by atoms with van der Waals surface area (Å²) in [5.41, 5.74) is 0.946. The number of carbonyl (C=O) groups is 2. The van der Waals surface area contributed by atoms with Gasteiger partial charge in [0.05, 0.1) is 23.5 Å². The van der Waals surface area contributed by atoms with E-state index in [1.807, 2.05) is 19.1 Å². The first-order valence-corrected chi connectivity index (χ1v) is 9.54. The van der Waals surface area contributed by atoms with E-state index in [2.05, 4.69) is 5.32 Å². The summed E-state index contributed by atoms with van der Waals surface area (Å²) in [6, 6.07) is 6.28. The number of carbonyl (C=O) groups excluding carboxylic acids is 2. The predicted molar refractivity (Wildman–Crippen MR) is 96.7 cm³/mol. The number of hydrogen-bond donors (Lipinski definition) is 3. The average molecular weight is 385 g/mol. The van der Waals surface area contributed by atoms with Crippen molar-refractivity contribution in [3.8, 4) is 0 Å². The number of urea groups is 1. The van der Waals surface area contributed by atoms with Crippen molar-refractivity contribution in [1.29, 1.82) is 0 Å². The molecule has 1 saturated heterocycles. The SMILES string of the molecule is C[C@@H]1[C@H](c2ccc(Cl)cc2)SC(=O)N1C(=O)NC1CC[C@@H](O)[C@H](O)C1. The van der Waals surface area contributed by atoms with Gasteiger partial charge in [0.15, 0.2) is 0 Å². The second-order valence-electron chi connectivity index (χ2n) is 6.56. The molecule has 8 heteroatoms. The van der Waals surface area contributed by atoms with Crippen LogP contribution in [-0.2, 0) is 0 Å². The zero-order valence-electron chi connectivity index (χ0n) is 13.8. The third-order valence-corrected chi connectivity index (χ3v) is 6.37. The second-order valence-corrected chi connectivity index (χ2v) is 8.09. The van der Waals surface area contributed by atoms with Crippen LogP contribution in [0.1, 0.15) is 37.0 Å². The zero-order valence-corrected chi connectivity index (χ0v) is 15.3. The van der Waals surface area contributed by atoms with Crippen molar-refractivity contribution in [2.45, 2.75) is 55.7 Å². The number of amides is 3. The largest absolute Gasteiger partial charge is 0.390 e. The molecule has 0 bridgehead atoms. The molecule has 1 aromatic rings. The molecule has 25 heavy (non-hydrogen) atoms. The molecule has 1 aliphatic heterocycles. The van der Waals surface area contributed by atoms with Gasteiger partial charge >= 0.3 is 6.03 Å². The van der Waals surface area contributed by atoms with Gasteiger partial charge in [-0.15, -0.1) is 0 Å². The number of nitrogens with zero attached hydrogens (tertiary/aromatic N) is 1. The van der Waals surface area contributed by atoms with Crippen molar-refractivity contribution in [2.24, 2.45) is 0 Å². The van der Waals surface area contributed by atoms with Crippen LogP contribution in [0.5, 0.6) is 0 Å². The van der Waals surface area contributed by atoms with Crippen LogP contribution in [0.3, 0.4) is 0 Å². The molecule has 6 nitrogen and oxygen atoms in total. The molecule has 136 valence electrons. The van der Waals surface area contributed by atoms with E-state index in [1.165, 1.54) is 4.90 Å². The molecule has 2 fully saturated rings. The van der Waals surface area contributed by atoms with Crippen molar-refractivity contribution in [1.82, 2.24) is 10.2 Å². The molecule has 3 N–H and O–H groups in total. The summed E-state index contributed by atoms with van der Waals surface area (Å²) in [7, 11) is 0. The van der Waals surface area contributed by atoms with Gasteiger partial charge in [-0.2, -0.15) is 0 Å². The van der Waals surface area contributed by atoms with Crippen molar-refractivity contribution in [2.75, 3.05) is 0 Å². The third kappa shape index (κ3) is 3.95. The normalized spacial score (nSPS) is 32.7. The van der Waals surface area contributed by atoms with E-state index in [1.54, 1.807) is 12.1 Å². The lowest BCUT2D eigenvalue weighted by molar-refractivity contribution is -0.0171. The Kier molecular flexibility index (Phi) is 5.58. The van der Waals surface area contributed by atoms with Gasteiger partial charge in [0.1, 0.15) is 0 Å². The molecule has 1 heterocycles. The minimum Gasteiger partial charge on any atom is -0.390 e. The first-order chi connectivity index (χ1) is 11.9. The van der Waals surface area contributed by atoms with Crippen molar-refractivity contribution >= 4 is 34.6 Å². The van der Waals surface area contributed by atoms with Gasteiger partial charge in [-0.25, -0.2) is 4.79 Å². The van der Waals surface area contributed by atoms with Crippen LogP contribution in [0, 0.1) is 0 Å². The standard InChI is InChI=1S/C17H21ClN2O4S/c1-9-15(10-2-4-11(18)5-3-10)25-17(24)20(9)16(23)19-12-6-7-13(21)14(22)8-12/h2-5,9,12-15,21-22H,6-8H2,1H3,(H,19,23)/t9-,12?,13-,14-,15-/m1/s1. The Morgan fingerprint density at radius 3 is 2.56 bits per heavy atom. The minimum absolute atomic E-state index is 0.144. The molecule has 1 unspecified atom stereocenters. The Hall–Kier alpha value is -1.28. The third-order valence-electron chi connectivity index (χ3n) is 4.80. The molecule has 1 aromatic carbocycles. The number of thioether (sulfide) groups is 1. The highest BCUT2D eigenvalue weighted by Crippen LogP contribution is 2.43. The maximum Gasteiger partial charge on any atom is 0.325 e. The number of halogens is 1. The van der Waals surface area contributed by atoms with Gasteiger partial charge in [0, 0.05) is 11.1 Å². The van der Waals surface area contributed by atoms with E-state index in [0.717, 1.165) is 17.3 Å². The predicted octanol–water partition coefficient (Wildman–Crippen LogP) is 2.92. The quantitative estimate of drug-likeness (QED) is 0.729. The lowest BCUT2D eigenvalue weighted by atomic mass is 9.90. The van der Waals surface area contributed by atoms with E-state index in [9.17, 15) is 19.8 Å². The molecular formula is C17H21ClN2O4S. The molecule has 0 spiro atoms. The fraction of sp³-hybridized carbons (Fsp3) is 0.529. The number of benzene rings is 1. The highest BCUT2D eigenvalue weighted by atomic mass is 35.5. The lowest BCUT2D eigenvalue weighted by Gasteiger charge is -2.32. The summed E-state index contributed by atoms with van der Waals surface area (Å²) in [5, 5.41) is 22.3. The summed E-state index contributed by atoms with van der Waals surface area (Å²) in [6.45, 7) is 1.84. The molecule has 3 rings (SSSR count).